The van der Waals surface area contributed by atoms with E-state index in [1.165, 1.54) is 77.8 Å². The second kappa shape index (κ2) is 37.4. The SMILES string of the molecule is CC[C@H](C)C1NC(=O)[C@H](CC)N(C)C(=O)C[C@@H](C(=O)N2CCOCC2)N(C)C(=O)[C@H](C2CCCCC2)N(C)C(=O)CCCCNC(=O)[C@@H]2CCCN2C(=O)[C@H](CCc2ccc(C(F)(F)F)c(Cl)c2)NC(=O)CN(C)C(=O)[C@H](CC2CCCCC2)N(C)C(=O)CN(C)C(=O)CN(C)C1=O. The zero-order valence-corrected chi connectivity index (χ0v) is 59.8. The van der Waals surface area contributed by atoms with Crippen LogP contribution in [-0.4, -0.2) is 266 Å². The maximum absolute atomic E-state index is 15.2. The normalized spacial score (nSPS) is 26.3. The first-order valence-electron chi connectivity index (χ1n) is 35.1. The summed E-state index contributed by atoms with van der Waals surface area (Å²) in [5, 5.41) is 7.91. The number of morpholine rings is 1. The van der Waals surface area contributed by atoms with Crippen LogP contribution < -0.4 is 16.0 Å². The molecule has 5 fully saturated rings. The van der Waals surface area contributed by atoms with Crippen LogP contribution in [0.3, 0.4) is 0 Å². The second-order valence-electron chi connectivity index (χ2n) is 27.6. The lowest BCUT2D eigenvalue weighted by Crippen LogP contribution is -2.60. The molecule has 3 N–H and O–H groups in total. The molecule has 25 nitrogen and oxygen atoms in total. The molecule has 3 aliphatic heterocycles. The number of alkyl halides is 3. The maximum atomic E-state index is 15.2. The molecule has 2 saturated carbocycles. The summed E-state index contributed by atoms with van der Waals surface area (Å²) in [6, 6.07) is -5.04. The zero-order valence-electron chi connectivity index (χ0n) is 59.1. The standard InChI is InChI=1S/C69H106ClF3N12O13/c1-11-44(3)60-67(96)79(6)42-58(89)77(4)43-59(90)81(8)53(39-45-22-15-13-16-23-45)65(94)78(5)41-55(86)75-50(31-29-46-28-30-48(49(70)38-46)69(71,72)73)64(93)85-33-21-26-52(85)62(91)74-32-20-19-27-56(87)83(10)61(47-24-17-14-18-25-47)68(97)82(9)54(66(95)84-34-36-98-37-35-84)40-57(88)80(7)51(12-2)63(92)76-60/h28,30,38,44-45,47,50-54,60-61H,11-27,29,31-37,39-43H2,1-10H3,(H,74,91)(H,75,86)(H,76,92)/t44-,50-,51-,52-,53-,54-,60?,61-/m0/s1. The van der Waals surface area contributed by atoms with Crippen molar-refractivity contribution in [2.24, 2.45) is 17.8 Å². The van der Waals surface area contributed by atoms with Gasteiger partial charge in [0.1, 0.15) is 42.3 Å². The summed E-state index contributed by atoms with van der Waals surface area (Å²) in [6.45, 7) is 4.63. The Bertz CT molecular complexity index is 2980. The number of ether oxygens (including phenoxy) is 1. The number of benzene rings is 1. The second-order valence-corrected chi connectivity index (χ2v) is 28.0. The van der Waals surface area contributed by atoms with Crippen molar-refractivity contribution in [1.29, 1.82) is 0 Å². The van der Waals surface area contributed by atoms with Crippen LogP contribution in [0.5, 0.6) is 0 Å². The molecule has 5 aliphatic rings. The summed E-state index contributed by atoms with van der Waals surface area (Å²) in [7, 11) is 9.97. The van der Waals surface area contributed by atoms with Crippen LogP contribution in [0.1, 0.15) is 160 Å². The van der Waals surface area contributed by atoms with Crippen LogP contribution >= 0.6 is 11.6 Å². The molecule has 0 bridgehead atoms. The molecule has 29 heteroatoms. The van der Waals surface area contributed by atoms with Crippen molar-refractivity contribution in [3.8, 4) is 0 Å². The first-order chi connectivity index (χ1) is 46.4. The molecule has 0 radical (unpaired) electrons. The molecule has 1 aromatic rings. The predicted octanol–water partition coefficient (Wildman–Crippen LogP) is 4.49. The van der Waals surface area contributed by atoms with Gasteiger partial charge in [-0.1, -0.05) is 96.2 Å². The number of rotatable bonds is 10. The van der Waals surface area contributed by atoms with Crippen molar-refractivity contribution in [1.82, 2.24) is 60.0 Å². The predicted molar refractivity (Wildman–Crippen MR) is 359 cm³/mol. The Morgan fingerprint density at radius 1 is 0.633 bits per heavy atom. The lowest BCUT2D eigenvalue weighted by Gasteiger charge is -2.41. The van der Waals surface area contributed by atoms with E-state index in [0.717, 1.165) is 78.2 Å². The Labute approximate surface area is 580 Å². The molecule has 548 valence electrons. The van der Waals surface area contributed by atoms with Crippen molar-refractivity contribution < 1.29 is 75.4 Å². The fraction of sp³-hybridized carbons (Fsp3) is 0.739. The minimum Gasteiger partial charge on any atom is -0.378 e. The summed E-state index contributed by atoms with van der Waals surface area (Å²) in [6.07, 6.45) is 4.58. The number of amides is 12. The van der Waals surface area contributed by atoms with Gasteiger partial charge in [0.25, 0.3) is 0 Å². The molecule has 6 rings (SSSR count). The van der Waals surface area contributed by atoms with E-state index < -0.39 is 156 Å². The number of likely N-dealkylation sites (N-methyl/N-ethyl adjacent to an activating group) is 7. The van der Waals surface area contributed by atoms with Gasteiger partial charge in [0.15, 0.2) is 0 Å². The largest absolute Gasteiger partial charge is 0.417 e. The number of nitrogens with one attached hydrogen (secondary N) is 3. The van der Waals surface area contributed by atoms with Crippen molar-refractivity contribution in [3.63, 3.8) is 0 Å². The number of fused-ring (bicyclic) bond motifs is 1. The van der Waals surface area contributed by atoms with E-state index in [4.69, 9.17) is 16.3 Å². The van der Waals surface area contributed by atoms with Crippen LogP contribution in [0.2, 0.25) is 5.02 Å². The van der Waals surface area contributed by atoms with Gasteiger partial charge in [0, 0.05) is 81.9 Å². The Kier molecular flexibility index (Phi) is 30.5. The first-order valence-corrected chi connectivity index (χ1v) is 35.5. The summed E-state index contributed by atoms with van der Waals surface area (Å²) < 4.78 is 46.8. The lowest BCUT2D eigenvalue weighted by molar-refractivity contribution is -0.156. The number of carbonyl (C=O) groups excluding carboxylic acids is 12. The number of hydrogen-bond donors (Lipinski definition) is 3. The van der Waals surface area contributed by atoms with Crippen molar-refractivity contribution in [3.05, 3.63) is 34.3 Å². The molecule has 98 heavy (non-hydrogen) atoms. The van der Waals surface area contributed by atoms with Crippen LogP contribution in [0.25, 0.3) is 0 Å². The van der Waals surface area contributed by atoms with Gasteiger partial charge in [-0.2, -0.15) is 13.2 Å². The quantitative estimate of drug-likeness (QED) is 0.292. The number of hydrogen-bond acceptors (Lipinski definition) is 13. The monoisotopic (exact) mass is 1400 g/mol. The molecule has 1 unspecified atom stereocenters. The Balaban J connectivity index is 1.32. The Morgan fingerprint density at radius 2 is 1.26 bits per heavy atom. The fourth-order valence-electron chi connectivity index (χ4n) is 14.2. The number of halogens is 4. The van der Waals surface area contributed by atoms with Crippen molar-refractivity contribution in [2.75, 3.05) is 108 Å². The highest BCUT2D eigenvalue weighted by molar-refractivity contribution is 6.31. The van der Waals surface area contributed by atoms with Crippen LogP contribution in [0.15, 0.2) is 18.2 Å². The van der Waals surface area contributed by atoms with Crippen molar-refractivity contribution >= 4 is 82.5 Å². The highest BCUT2D eigenvalue weighted by Gasteiger charge is 2.45. The van der Waals surface area contributed by atoms with Crippen LogP contribution in [0, 0.1) is 17.8 Å². The third-order valence-electron chi connectivity index (χ3n) is 20.7. The van der Waals surface area contributed by atoms with E-state index in [-0.39, 0.29) is 102 Å². The van der Waals surface area contributed by atoms with Gasteiger partial charge in [-0.15, -0.1) is 0 Å². The van der Waals surface area contributed by atoms with E-state index in [1.807, 2.05) is 6.92 Å². The van der Waals surface area contributed by atoms with E-state index in [2.05, 4.69) is 16.0 Å². The highest BCUT2D eigenvalue weighted by Crippen LogP contribution is 2.36. The molecule has 12 amide bonds. The van der Waals surface area contributed by atoms with Gasteiger partial charge in [-0.25, -0.2) is 0 Å². The van der Waals surface area contributed by atoms with Gasteiger partial charge in [-0.05, 0) is 99.7 Å². The first kappa shape index (κ1) is 79.9. The highest BCUT2D eigenvalue weighted by atomic mass is 35.5. The van der Waals surface area contributed by atoms with Crippen LogP contribution in [0.4, 0.5) is 13.2 Å². The molecule has 0 aromatic heterocycles. The van der Waals surface area contributed by atoms with Gasteiger partial charge >= 0.3 is 6.18 Å². The average molecular weight is 1400 g/mol. The molecule has 0 spiro atoms. The van der Waals surface area contributed by atoms with Gasteiger partial charge in [-0.3, -0.25) is 57.5 Å². The number of carbonyl (C=O) groups is 12. The molecule has 2 aliphatic carbocycles. The minimum atomic E-state index is -4.74. The molecular weight excluding hydrogens is 1300 g/mol. The summed E-state index contributed by atoms with van der Waals surface area (Å²) >= 11 is 6.10. The summed E-state index contributed by atoms with van der Waals surface area (Å²) in [5.74, 6) is -7.99. The minimum absolute atomic E-state index is 0.0279. The average Bonchev–Trinajstić information content (AvgIpc) is 1.43. The van der Waals surface area contributed by atoms with Gasteiger partial charge in [0.2, 0.25) is 70.9 Å². The van der Waals surface area contributed by atoms with Gasteiger partial charge in [0.05, 0.1) is 49.9 Å². The number of nitrogens with zero attached hydrogens (tertiary/aromatic N) is 9. The molecule has 1 aromatic carbocycles. The summed E-state index contributed by atoms with van der Waals surface area (Å²) in [4.78, 5) is 185. The van der Waals surface area contributed by atoms with E-state index in [0.29, 0.717) is 37.7 Å². The van der Waals surface area contributed by atoms with Crippen molar-refractivity contribution in [2.45, 2.75) is 204 Å². The van der Waals surface area contributed by atoms with Gasteiger partial charge < -0.3 is 64.8 Å². The number of aryl methyl sites for hydroxylation is 1. The molecule has 3 saturated heterocycles. The van der Waals surface area contributed by atoms with E-state index in [9.17, 15) is 65.9 Å². The third-order valence-corrected chi connectivity index (χ3v) is 21.0. The van der Waals surface area contributed by atoms with E-state index in [1.54, 1.807) is 20.9 Å². The molecule has 3 heterocycles. The topological polar surface area (TPSA) is 279 Å². The smallest absolute Gasteiger partial charge is 0.378 e. The zero-order chi connectivity index (χ0) is 72.3. The van der Waals surface area contributed by atoms with E-state index >= 15 is 4.79 Å². The lowest BCUT2D eigenvalue weighted by atomic mass is 9.82. The Hall–Kier alpha value is -7.10. The van der Waals surface area contributed by atoms with Crippen LogP contribution in [-0.2, 0) is 74.9 Å². The maximum Gasteiger partial charge on any atom is 0.417 e. The third kappa shape index (κ3) is 21.5. The Morgan fingerprint density at radius 3 is 1.88 bits per heavy atom. The summed E-state index contributed by atoms with van der Waals surface area (Å²) in [5.41, 5.74) is -0.734. The molecule has 8 atom stereocenters. The molecular formula is C69H106ClF3N12O13. The fourth-order valence-corrected chi connectivity index (χ4v) is 14.5.